The molecule has 0 bridgehead atoms. The highest BCUT2D eigenvalue weighted by molar-refractivity contribution is 5.14. The van der Waals surface area contributed by atoms with Gasteiger partial charge in [0.25, 0.3) is 6.17 Å². The van der Waals surface area contributed by atoms with E-state index in [2.05, 4.69) is 6.72 Å². The third kappa shape index (κ3) is 2.36. The minimum atomic E-state index is -0.486. The Morgan fingerprint density at radius 2 is 2.38 bits per heavy atom. The first-order chi connectivity index (χ1) is 3.68. The molecule has 0 spiro atoms. The van der Waals surface area contributed by atoms with E-state index in [4.69, 9.17) is 10.9 Å². The fourth-order valence-corrected chi connectivity index (χ4v) is 0.297. The van der Waals surface area contributed by atoms with Gasteiger partial charge in [-0.1, -0.05) is 6.08 Å². The van der Waals surface area contributed by atoms with Crippen molar-refractivity contribution >= 4 is 6.72 Å². The molecule has 8 heavy (non-hydrogen) atoms. The molecule has 0 aliphatic heterocycles. The summed E-state index contributed by atoms with van der Waals surface area (Å²) in [6, 6.07) is 0. The molecule has 3 nitrogen and oxygen atoms in total. The third-order valence-corrected chi connectivity index (χ3v) is 0.734. The van der Waals surface area contributed by atoms with Gasteiger partial charge in [-0.25, -0.2) is 0 Å². The van der Waals surface area contributed by atoms with Crippen LogP contribution in [0, 0.1) is 0 Å². The van der Waals surface area contributed by atoms with Gasteiger partial charge in [-0.05, 0) is 17.7 Å². The average molecular weight is 115 g/mol. The van der Waals surface area contributed by atoms with Gasteiger partial charge >= 0.3 is 0 Å². The average Bonchev–Trinajstić information content (AvgIpc) is 1.67. The van der Waals surface area contributed by atoms with Crippen LogP contribution in [-0.4, -0.2) is 22.8 Å². The van der Waals surface area contributed by atoms with Crippen molar-refractivity contribution in [2.45, 2.75) is 13.1 Å². The first-order valence-electron chi connectivity index (χ1n) is 2.35. The van der Waals surface area contributed by atoms with Crippen LogP contribution in [0.2, 0.25) is 0 Å². The number of allylic oxidation sites excluding steroid dienone is 1. The molecular formula is C5H11N2O+. The lowest BCUT2D eigenvalue weighted by Gasteiger charge is -1.92. The molecule has 0 saturated heterocycles. The van der Waals surface area contributed by atoms with Crippen LogP contribution in [-0.2, 0) is 0 Å². The van der Waals surface area contributed by atoms with Crippen molar-refractivity contribution in [1.82, 2.24) is 0 Å². The Labute approximate surface area is 48.7 Å². The highest BCUT2D eigenvalue weighted by atomic mass is 16.5. The van der Waals surface area contributed by atoms with Gasteiger partial charge < -0.3 is 0 Å². The van der Waals surface area contributed by atoms with E-state index in [0.29, 0.717) is 4.74 Å². The number of nitrogens with two attached hydrogens (primary N) is 1. The standard InChI is InChI=1S/C5H11N2O/c1-3-4-5(6)7(2)8/h3-5,8H,2,6H2,1H3/q+1. The first kappa shape index (κ1) is 7.17. The van der Waals surface area contributed by atoms with Crippen LogP contribution in [0.5, 0.6) is 0 Å². The van der Waals surface area contributed by atoms with Crippen molar-refractivity contribution in [3.05, 3.63) is 12.2 Å². The maximum absolute atomic E-state index is 8.50. The molecule has 0 saturated carbocycles. The molecule has 0 fully saturated rings. The molecule has 0 radical (unpaired) electrons. The zero-order valence-electron chi connectivity index (χ0n) is 4.91. The van der Waals surface area contributed by atoms with Crippen molar-refractivity contribution < 1.29 is 9.95 Å². The zero-order valence-corrected chi connectivity index (χ0v) is 4.91. The number of rotatable bonds is 2. The van der Waals surface area contributed by atoms with E-state index < -0.39 is 6.17 Å². The van der Waals surface area contributed by atoms with Crippen LogP contribution >= 0.6 is 0 Å². The lowest BCUT2D eigenvalue weighted by atomic mass is 10.4. The summed E-state index contributed by atoms with van der Waals surface area (Å²) in [5, 5.41) is 8.50. The van der Waals surface area contributed by atoms with Crippen molar-refractivity contribution in [3.8, 4) is 0 Å². The van der Waals surface area contributed by atoms with Crippen molar-refractivity contribution in [2.75, 3.05) is 0 Å². The maximum Gasteiger partial charge on any atom is 0.271 e. The minimum absolute atomic E-state index is 0.486. The van der Waals surface area contributed by atoms with E-state index in [1.54, 1.807) is 12.2 Å². The second-order valence-corrected chi connectivity index (χ2v) is 1.46. The summed E-state index contributed by atoms with van der Waals surface area (Å²) in [7, 11) is 0. The summed E-state index contributed by atoms with van der Waals surface area (Å²) >= 11 is 0. The van der Waals surface area contributed by atoms with Gasteiger partial charge in [0.1, 0.15) is 0 Å². The molecule has 0 aliphatic carbocycles. The summed E-state index contributed by atoms with van der Waals surface area (Å²) in [5.41, 5.74) is 5.25. The predicted molar refractivity (Wildman–Crippen MR) is 32.0 cm³/mol. The fraction of sp³-hybridized carbons (Fsp3) is 0.400. The van der Waals surface area contributed by atoms with Crippen LogP contribution in [0.1, 0.15) is 6.92 Å². The number of hydrogen-bond acceptors (Lipinski definition) is 2. The Kier molecular flexibility index (Phi) is 2.88. The molecule has 46 valence electrons. The predicted octanol–water partition coefficient (Wildman–Crippen LogP) is -0.0504. The van der Waals surface area contributed by atoms with Crippen LogP contribution in [0.15, 0.2) is 12.2 Å². The molecule has 1 atom stereocenters. The van der Waals surface area contributed by atoms with Crippen LogP contribution < -0.4 is 5.73 Å². The van der Waals surface area contributed by atoms with E-state index >= 15 is 0 Å². The Morgan fingerprint density at radius 3 is 2.50 bits per heavy atom. The van der Waals surface area contributed by atoms with Crippen LogP contribution in [0.4, 0.5) is 0 Å². The zero-order chi connectivity index (χ0) is 6.57. The Balaban J connectivity index is 3.64. The van der Waals surface area contributed by atoms with Crippen molar-refractivity contribution in [3.63, 3.8) is 0 Å². The topological polar surface area (TPSA) is 49.3 Å². The van der Waals surface area contributed by atoms with Crippen LogP contribution in [0.3, 0.4) is 0 Å². The van der Waals surface area contributed by atoms with E-state index in [1.165, 1.54) is 0 Å². The molecule has 0 rings (SSSR count). The summed E-state index contributed by atoms with van der Waals surface area (Å²) in [6.07, 6.45) is 2.89. The van der Waals surface area contributed by atoms with E-state index in [-0.39, 0.29) is 0 Å². The second-order valence-electron chi connectivity index (χ2n) is 1.46. The monoisotopic (exact) mass is 115 g/mol. The summed E-state index contributed by atoms with van der Waals surface area (Å²) in [4.78, 5) is 0. The molecule has 3 N–H and O–H groups in total. The molecule has 1 unspecified atom stereocenters. The van der Waals surface area contributed by atoms with Crippen molar-refractivity contribution in [2.24, 2.45) is 5.73 Å². The molecule has 0 aromatic rings. The molecule has 0 amide bonds. The van der Waals surface area contributed by atoms with Crippen molar-refractivity contribution in [1.29, 1.82) is 0 Å². The lowest BCUT2D eigenvalue weighted by Crippen LogP contribution is -2.28. The second kappa shape index (κ2) is 3.21. The molecule has 0 heterocycles. The van der Waals surface area contributed by atoms with E-state index in [9.17, 15) is 0 Å². The minimum Gasteiger partial charge on any atom is -0.289 e. The summed E-state index contributed by atoms with van der Waals surface area (Å²) in [5.74, 6) is 0. The van der Waals surface area contributed by atoms with E-state index in [0.717, 1.165) is 0 Å². The molecule has 0 aromatic carbocycles. The lowest BCUT2D eigenvalue weighted by molar-refractivity contribution is -0.786. The largest absolute Gasteiger partial charge is 0.289 e. The number of hydrogen-bond donors (Lipinski definition) is 2. The summed E-state index contributed by atoms with van der Waals surface area (Å²) < 4.78 is 0.694. The quantitative estimate of drug-likeness (QED) is 0.132. The van der Waals surface area contributed by atoms with Gasteiger partial charge in [0.15, 0.2) is 6.72 Å². The Hall–Kier alpha value is -0.830. The molecule has 3 heteroatoms. The van der Waals surface area contributed by atoms with Gasteiger partial charge in [0, 0.05) is 0 Å². The number of nitrogens with zero attached hydrogens (tertiary/aromatic N) is 1. The van der Waals surface area contributed by atoms with Gasteiger partial charge in [0.2, 0.25) is 0 Å². The molecular weight excluding hydrogens is 104 g/mol. The van der Waals surface area contributed by atoms with Crippen LogP contribution in [0.25, 0.3) is 0 Å². The Morgan fingerprint density at radius 1 is 1.88 bits per heavy atom. The highest BCUT2D eigenvalue weighted by Gasteiger charge is 2.03. The van der Waals surface area contributed by atoms with E-state index in [1.807, 2.05) is 6.92 Å². The fourth-order valence-electron chi connectivity index (χ4n) is 0.297. The van der Waals surface area contributed by atoms with Gasteiger partial charge in [-0.15, -0.1) is 0 Å². The van der Waals surface area contributed by atoms with Gasteiger partial charge in [0.05, 0.1) is 0 Å². The maximum atomic E-state index is 8.50. The molecule has 0 aromatic heterocycles. The third-order valence-electron chi connectivity index (χ3n) is 0.734. The normalized spacial score (nSPS) is 14.2. The molecule has 0 aliphatic rings. The Bertz CT molecular complexity index is 109. The first-order valence-corrected chi connectivity index (χ1v) is 2.35. The SMILES string of the molecule is C=[N+](O)C(N)C=CC. The summed E-state index contributed by atoms with van der Waals surface area (Å²) in [6.45, 7) is 4.99. The van der Waals surface area contributed by atoms with Gasteiger partial charge in [-0.2, -0.15) is 0 Å². The van der Waals surface area contributed by atoms with Gasteiger partial charge in [-0.3, -0.25) is 10.9 Å². The highest BCUT2D eigenvalue weighted by Crippen LogP contribution is 1.78. The smallest absolute Gasteiger partial charge is 0.271 e. The number of hydroxylamine groups is 1.